The number of para-hydroxylation sites is 1. The summed E-state index contributed by atoms with van der Waals surface area (Å²) in [7, 11) is 0. The molecule has 3 N–H and O–H groups in total. The van der Waals surface area contributed by atoms with Crippen LogP contribution in [0.25, 0.3) is 0 Å². The van der Waals surface area contributed by atoms with E-state index in [9.17, 15) is 4.79 Å². The molecule has 2 rings (SSSR count). The second kappa shape index (κ2) is 4.97. The average molecular weight is 283 g/mol. The van der Waals surface area contributed by atoms with Gasteiger partial charge in [0, 0.05) is 16.9 Å². The van der Waals surface area contributed by atoms with E-state index in [1.807, 2.05) is 24.3 Å². The lowest BCUT2D eigenvalue weighted by atomic mass is 10.1. The fourth-order valence-electron chi connectivity index (χ4n) is 1.67. The van der Waals surface area contributed by atoms with Crippen molar-refractivity contribution in [2.45, 2.75) is 25.3 Å². The predicted molar refractivity (Wildman–Crippen MR) is 68.1 cm³/mol. The van der Waals surface area contributed by atoms with Crippen molar-refractivity contribution in [3.63, 3.8) is 0 Å². The molecule has 1 atom stereocenters. The summed E-state index contributed by atoms with van der Waals surface area (Å²) in [6.45, 7) is 0. The van der Waals surface area contributed by atoms with Crippen LogP contribution in [0.1, 0.15) is 19.3 Å². The molecule has 0 spiro atoms. The third-order valence-corrected chi connectivity index (χ3v) is 3.49. The van der Waals surface area contributed by atoms with Crippen molar-refractivity contribution in [2.24, 2.45) is 11.7 Å². The SMILES string of the molecule is NC(CC(=O)Nc1ccccc1Br)C1CC1. The van der Waals surface area contributed by atoms with E-state index in [2.05, 4.69) is 21.2 Å². The first-order valence-corrected chi connectivity index (χ1v) is 6.26. The summed E-state index contributed by atoms with van der Waals surface area (Å²) >= 11 is 3.39. The smallest absolute Gasteiger partial charge is 0.225 e. The van der Waals surface area contributed by atoms with Crippen LogP contribution >= 0.6 is 15.9 Å². The summed E-state index contributed by atoms with van der Waals surface area (Å²) in [5.41, 5.74) is 6.70. The molecule has 1 fully saturated rings. The summed E-state index contributed by atoms with van der Waals surface area (Å²) in [6.07, 6.45) is 2.75. The lowest BCUT2D eigenvalue weighted by Gasteiger charge is -2.11. The highest BCUT2D eigenvalue weighted by atomic mass is 79.9. The number of hydrogen-bond donors (Lipinski definition) is 2. The van der Waals surface area contributed by atoms with Gasteiger partial charge in [0.25, 0.3) is 0 Å². The van der Waals surface area contributed by atoms with Crippen molar-refractivity contribution in [3.05, 3.63) is 28.7 Å². The van der Waals surface area contributed by atoms with Crippen LogP contribution in [0, 0.1) is 5.92 Å². The van der Waals surface area contributed by atoms with Gasteiger partial charge < -0.3 is 11.1 Å². The lowest BCUT2D eigenvalue weighted by Crippen LogP contribution is -2.28. The van der Waals surface area contributed by atoms with Crippen LogP contribution in [0.2, 0.25) is 0 Å². The number of benzene rings is 1. The van der Waals surface area contributed by atoms with E-state index in [4.69, 9.17) is 5.73 Å². The van der Waals surface area contributed by atoms with Crippen molar-refractivity contribution >= 4 is 27.5 Å². The Morgan fingerprint density at radius 2 is 2.19 bits per heavy atom. The molecular weight excluding hydrogens is 268 g/mol. The molecule has 0 bridgehead atoms. The van der Waals surface area contributed by atoms with Crippen LogP contribution < -0.4 is 11.1 Å². The van der Waals surface area contributed by atoms with Crippen molar-refractivity contribution < 1.29 is 4.79 Å². The van der Waals surface area contributed by atoms with Crippen molar-refractivity contribution in [3.8, 4) is 0 Å². The van der Waals surface area contributed by atoms with E-state index < -0.39 is 0 Å². The first-order chi connectivity index (χ1) is 7.66. The molecule has 0 aromatic heterocycles. The summed E-state index contributed by atoms with van der Waals surface area (Å²) in [5, 5.41) is 2.86. The average Bonchev–Trinajstić information content (AvgIpc) is 3.04. The van der Waals surface area contributed by atoms with Gasteiger partial charge in [-0.25, -0.2) is 0 Å². The Morgan fingerprint density at radius 1 is 1.50 bits per heavy atom. The third kappa shape index (κ3) is 3.06. The van der Waals surface area contributed by atoms with Crippen LogP contribution in [-0.2, 0) is 4.79 Å². The number of rotatable bonds is 4. The number of nitrogens with two attached hydrogens (primary N) is 1. The molecular formula is C12H15BrN2O. The molecule has 86 valence electrons. The molecule has 0 saturated heterocycles. The van der Waals surface area contributed by atoms with Gasteiger partial charge in [0.1, 0.15) is 0 Å². The topological polar surface area (TPSA) is 55.1 Å². The van der Waals surface area contributed by atoms with Gasteiger partial charge in [0.2, 0.25) is 5.91 Å². The first kappa shape index (κ1) is 11.6. The molecule has 3 nitrogen and oxygen atoms in total. The monoisotopic (exact) mass is 282 g/mol. The standard InChI is InChI=1S/C12H15BrN2O/c13-9-3-1-2-4-11(9)15-12(16)7-10(14)8-5-6-8/h1-4,8,10H,5-7,14H2,(H,15,16). The van der Waals surface area contributed by atoms with Gasteiger partial charge in [0.05, 0.1) is 5.69 Å². The molecule has 0 aliphatic heterocycles. The highest BCUT2D eigenvalue weighted by Crippen LogP contribution is 2.33. The second-order valence-corrected chi connectivity index (χ2v) is 5.09. The van der Waals surface area contributed by atoms with Gasteiger partial charge in [-0.15, -0.1) is 0 Å². The number of hydrogen-bond acceptors (Lipinski definition) is 2. The Morgan fingerprint density at radius 3 is 2.81 bits per heavy atom. The van der Waals surface area contributed by atoms with Crippen molar-refractivity contribution in [1.82, 2.24) is 0 Å². The fraction of sp³-hybridized carbons (Fsp3) is 0.417. The molecule has 1 aliphatic rings. The van der Waals surface area contributed by atoms with Gasteiger partial charge in [0.15, 0.2) is 0 Å². The van der Waals surface area contributed by atoms with Crippen LogP contribution in [-0.4, -0.2) is 11.9 Å². The number of nitrogens with one attached hydrogen (secondary N) is 1. The highest BCUT2D eigenvalue weighted by molar-refractivity contribution is 9.10. The largest absolute Gasteiger partial charge is 0.327 e. The number of carbonyl (C=O) groups is 1. The molecule has 1 saturated carbocycles. The maximum absolute atomic E-state index is 11.7. The quantitative estimate of drug-likeness (QED) is 0.892. The zero-order chi connectivity index (χ0) is 11.5. The summed E-state index contributed by atoms with van der Waals surface area (Å²) in [4.78, 5) is 11.7. The van der Waals surface area contributed by atoms with Gasteiger partial charge >= 0.3 is 0 Å². The van der Waals surface area contributed by atoms with Gasteiger partial charge in [-0.1, -0.05) is 12.1 Å². The molecule has 16 heavy (non-hydrogen) atoms. The van der Waals surface area contributed by atoms with Crippen LogP contribution in [0.5, 0.6) is 0 Å². The Labute approximate surface area is 104 Å². The van der Waals surface area contributed by atoms with E-state index >= 15 is 0 Å². The Balaban J connectivity index is 1.89. The minimum absolute atomic E-state index is 0.00806. The maximum Gasteiger partial charge on any atom is 0.225 e. The minimum Gasteiger partial charge on any atom is -0.327 e. The number of halogens is 1. The van der Waals surface area contributed by atoms with E-state index in [-0.39, 0.29) is 11.9 Å². The Hall–Kier alpha value is -0.870. The normalized spacial score (nSPS) is 16.9. The predicted octanol–water partition coefficient (Wildman–Crippen LogP) is 2.52. The van der Waals surface area contributed by atoms with E-state index in [0.717, 1.165) is 10.2 Å². The van der Waals surface area contributed by atoms with Gasteiger partial charge in [-0.3, -0.25) is 4.79 Å². The molecule has 1 aromatic rings. The summed E-state index contributed by atoms with van der Waals surface area (Å²) in [6, 6.07) is 7.58. The van der Waals surface area contributed by atoms with Crippen LogP contribution in [0.3, 0.4) is 0 Å². The molecule has 0 heterocycles. The van der Waals surface area contributed by atoms with Gasteiger partial charge in [-0.05, 0) is 46.8 Å². The number of anilines is 1. The molecule has 1 amide bonds. The molecule has 1 aromatic carbocycles. The molecule has 1 aliphatic carbocycles. The number of amides is 1. The van der Waals surface area contributed by atoms with Crippen molar-refractivity contribution in [2.75, 3.05) is 5.32 Å². The second-order valence-electron chi connectivity index (χ2n) is 4.23. The minimum atomic E-state index is -0.00806. The van der Waals surface area contributed by atoms with Crippen LogP contribution in [0.4, 0.5) is 5.69 Å². The Kier molecular flexibility index (Phi) is 3.61. The van der Waals surface area contributed by atoms with Crippen LogP contribution in [0.15, 0.2) is 28.7 Å². The molecule has 0 radical (unpaired) electrons. The number of carbonyl (C=O) groups excluding carboxylic acids is 1. The van der Waals surface area contributed by atoms with Gasteiger partial charge in [-0.2, -0.15) is 0 Å². The fourth-order valence-corrected chi connectivity index (χ4v) is 2.05. The zero-order valence-electron chi connectivity index (χ0n) is 8.95. The third-order valence-electron chi connectivity index (χ3n) is 2.80. The van der Waals surface area contributed by atoms with Crippen molar-refractivity contribution in [1.29, 1.82) is 0 Å². The van der Waals surface area contributed by atoms with E-state index in [1.54, 1.807) is 0 Å². The molecule has 4 heteroatoms. The maximum atomic E-state index is 11.7. The lowest BCUT2D eigenvalue weighted by molar-refractivity contribution is -0.116. The summed E-state index contributed by atoms with van der Waals surface area (Å²) in [5.74, 6) is 0.552. The first-order valence-electron chi connectivity index (χ1n) is 5.47. The summed E-state index contributed by atoms with van der Waals surface area (Å²) < 4.78 is 0.892. The highest BCUT2D eigenvalue weighted by Gasteiger charge is 2.29. The van der Waals surface area contributed by atoms with E-state index in [0.29, 0.717) is 12.3 Å². The van der Waals surface area contributed by atoms with E-state index in [1.165, 1.54) is 12.8 Å². The molecule has 1 unspecified atom stereocenters. The zero-order valence-corrected chi connectivity index (χ0v) is 10.5. The Bertz CT molecular complexity index is 390.